The van der Waals surface area contributed by atoms with E-state index in [2.05, 4.69) is 10.2 Å². The van der Waals surface area contributed by atoms with E-state index in [1.165, 1.54) is 11.8 Å². The lowest BCUT2D eigenvalue weighted by molar-refractivity contribution is -0.121. The maximum Gasteiger partial charge on any atom is 0.282 e. The number of hydrogen-bond donors (Lipinski definition) is 1. The Morgan fingerprint density at radius 2 is 1.62 bits per heavy atom. The van der Waals surface area contributed by atoms with Crippen LogP contribution in [-0.2, 0) is 14.4 Å². The summed E-state index contributed by atoms with van der Waals surface area (Å²) in [5.74, 6) is -0.891. The predicted molar refractivity (Wildman–Crippen MR) is 125 cm³/mol. The fourth-order valence-corrected chi connectivity index (χ4v) is 4.25. The topological polar surface area (TPSA) is 73.0 Å². The Labute approximate surface area is 192 Å². The molecule has 2 heterocycles. The minimum absolute atomic E-state index is 0.176. The van der Waals surface area contributed by atoms with Gasteiger partial charge in [-0.05, 0) is 49.4 Å². The van der Waals surface area contributed by atoms with Crippen molar-refractivity contribution in [2.24, 2.45) is 0 Å². The molecule has 2 aromatic rings. The summed E-state index contributed by atoms with van der Waals surface area (Å²) < 4.78 is 0. The highest BCUT2D eigenvalue weighted by molar-refractivity contribution is 6.46. The van der Waals surface area contributed by atoms with Crippen molar-refractivity contribution >= 4 is 46.3 Å². The molecular formula is C24H25ClN4O3. The molecule has 0 bridgehead atoms. The molecule has 0 atom stereocenters. The molecule has 0 spiro atoms. The molecule has 0 saturated carbocycles. The van der Waals surface area contributed by atoms with E-state index in [0.29, 0.717) is 51.9 Å². The van der Waals surface area contributed by atoms with Gasteiger partial charge in [-0.3, -0.25) is 14.4 Å². The molecule has 1 fully saturated rings. The number of nitrogens with one attached hydrogen (secondary N) is 1. The van der Waals surface area contributed by atoms with Gasteiger partial charge >= 0.3 is 0 Å². The summed E-state index contributed by atoms with van der Waals surface area (Å²) in [6.07, 6.45) is 0. The number of amides is 3. The van der Waals surface area contributed by atoms with Crippen LogP contribution in [0.1, 0.15) is 18.1 Å². The lowest BCUT2D eigenvalue weighted by Gasteiger charge is -2.34. The van der Waals surface area contributed by atoms with Crippen molar-refractivity contribution in [3.8, 4) is 0 Å². The first-order chi connectivity index (χ1) is 15.3. The quantitative estimate of drug-likeness (QED) is 0.721. The standard InChI is InChI=1S/C24H25ClN4O3/c1-15-19(25)5-4-6-20(15)29-23(31)21(17-7-9-18(10-8-17)26-16(2)30)22(24(29)32)28-13-11-27(3)12-14-28/h4-10H,11-14H2,1-3H3,(H,26,30). The summed E-state index contributed by atoms with van der Waals surface area (Å²) in [5, 5.41) is 3.22. The highest BCUT2D eigenvalue weighted by Gasteiger charge is 2.43. The van der Waals surface area contributed by atoms with Crippen molar-refractivity contribution in [1.82, 2.24) is 9.80 Å². The van der Waals surface area contributed by atoms with Crippen molar-refractivity contribution in [2.75, 3.05) is 43.4 Å². The van der Waals surface area contributed by atoms with Crippen LogP contribution in [0.3, 0.4) is 0 Å². The van der Waals surface area contributed by atoms with Crippen LogP contribution in [0.15, 0.2) is 48.2 Å². The third-order valence-corrected chi connectivity index (χ3v) is 6.26. The molecule has 0 aromatic heterocycles. The second-order valence-electron chi connectivity index (χ2n) is 8.10. The summed E-state index contributed by atoms with van der Waals surface area (Å²) >= 11 is 6.29. The maximum atomic E-state index is 13.7. The number of carbonyl (C=O) groups excluding carboxylic acids is 3. The van der Waals surface area contributed by atoms with Crippen molar-refractivity contribution in [2.45, 2.75) is 13.8 Å². The first kappa shape index (κ1) is 22.0. The van der Waals surface area contributed by atoms with Crippen LogP contribution in [0.4, 0.5) is 11.4 Å². The predicted octanol–water partition coefficient (Wildman–Crippen LogP) is 3.14. The summed E-state index contributed by atoms with van der Waals surface area (Å²) in [4.78, 5) is 44.1. The van der Waals surface area contributed by atoms with Gasteiger partial charge in [0.15, 0.2) is 0 Å². The Kier molecular flexibility index (Phi) is 6.04. The molecule has 3 amide bonds. The van der Waals surface area contributed by atoms with Crippen LogP contribution < -0.4 is 10.2 Å². The van der Waals surface area contributed by atoms with Crippen LogP contribution in [0.25, 0.3) is 5.57 Å². The fraction of sp³-hybridized carbons (Fsp3) is 0.292. The van der Waals surface area contributed by atoms with Gasteiger partial charge in [-0.15, -0.1) is 0 Å². The first-order valence-electron chi connectivity index (χ1n) is 10.5. The Morgan fingerprint density at radius 3 is 2.25 bits per heavy atom. The van der Waals surface area contributed by atoms with Crippen molar-refractivity contribution in [3.05, 3.63) is 64.3 Å². The van der Waals surface area contributed by atoms with Crippen LogP contribution in [0.5, 0.6) is 0 Å². The summed E-state index contributed by atoms with van der Waals surface area (Å²) in [6.45, 7) is 6.15. The number of nitrogens with zero attached hydrogens (tertiary/aromatic N) is 3. The van der Waals surface area contributed by atoms with Gasteiger partial charge in [-0.1, -0.05) is 29.8 Å². The molecule has 1 saturated heterocycles. The monoisotopic (exact) mass is 452 g/mol. The molecule has 0 radical (unpaired) electrons. The minimum Gasteiger partial charge on any atom is -0.364 e. The number of carbonyl (C=O) groups is 3. The molecule has 8 heteroatoms. The maximum absolute atomic E-state index is 13.7. The number of piperazine rings is 1. The SMILES string of the molecule is CC(=O)Nc1ccc(C2=C(N3CCN(C)CC3)C(=O)N(c3cccc(Cl)c3C)C2=O)cc1. The van der Waals surface area contributed by atoms with E-state index in [4.69, 9.17) is 11.6 Å². The minimum atomic E-state index is -0.374. The van der Waals surface area contributed by atoms with Gasteiger partial charge in [0, 0.05) is 43.8 Å². The van der Waals surface area contributed by atoms with Gasteiger partial charge in [-0.25, -0.2) is 4.90 Å². The van der Waals surface area contributed by atoms with Crippen molar-refractivity contribution in [1.29, 1.82) is 0 Å². The zero-order chi connectivity index (χ0) is 23.0. The van der Waals surface area contributed by atoms with Crippen molar-refractivity contribution in [3.63, 3.8) is 0 Å². The fourth-order valence-electron chi connectivity index (χ4n) is 4.08. The molecule has 4 rings (SSSR count). The second kappa shape index (κ2) is 8.76. The zero-order valence-electron chi connectivity index (χ0n) is 18.3. The Bertz CT molecular complexity index is 1120. The number of benzene rings is 2. The summed E-state index contributed by atoms with van der Waals surface area (Å²) in [6, 6.07) is 12.2. The molecular weight excluding hydrogens is 428 g/mol. The number of rotatable bonds is 4. The molecule has 32 heavy (non-hydrogen) atoms. The molecule has 2 aromatic carbocycles. The van der Waals surface area contributed by atoms with E-state index in [1.807, 2.05) is 11.9 Å². The highest BCUT2D eigenvalue weighted by Crippen LogP contribution is 2.38. The number of imide groups is 1. The van der Waals surface area contributed by atoms with Gasteiger partial charge < -0.3 is 15.1 Å². The Hall–Kier alpha value is -3.16. The van der Waals surface area contributed by atoms with E-state index in [1.54, 1.807) is 49.4 Å². The lowest BCUT2D eigenvalue weighted by Crippen LogP contribution is -2.46. The third kappa shape index (κ3) is 4.01. The second-order valence-corrected chi connectivity index (χ2v) is 8.51. The van der Waals surface area contributed by atoms with Crippen molar-refractivity contribution < 1.29 is 14.4 Å². The van der Waals surface area contributed by atoms with Crippen LogP contribution in [-0.4, -0.2) is 60.7 Å². The highest BCUT2D eigenvalue weighted by atomic mass is 35.5. The van der Waals surface area contributed by atoms with Gasteiger partial charge in [0.2, 0.25) is 5.91 Å². The number of likely N-dealkylation sites (N-methyl/N-ethyl adjacent to an activating group) is 1. The number of hydrogen-bond acceptors (Lipinski definition) is 5. The summed E-state index contributed by atoms with van der Waals surface area (Å²) in [5.41, 5.74) is 3.21. The van der Waals surface area contributed by atoms with E-state index in [-0.39, 0.29) is 17.7 Å². The lowest BCUT2D eigenvalue weighted by atomic mass is 10.0. The van der Waals surface area contributed by atoms with Crippen LogP contribution in [0, 0.1) is 6.92 Å². The first-order valence-corrected chi connectivity index (χ1v) is 10.9. The average Bonchev–Trinajstić information content (AvgIpc) is 3.01. The number of halogens is 1. The van der Waals surface area contributed by atoms with E-state index >= 15 is 0 Å². The van der Waals surface area contributed by atoms with Gasteiger partial charge in [0.25, 0.3) is 11.8 Å². The van der Waals surface area contributed by atoms with Gasteiger partial charge in [0.05, 0.1) is 11.3 Å². The molecule has 1 N–H and O–H groups in total. The Balaban J connectivity index is 1.79. The van der Waals surface area contributed by atoms with Gasteiger partial charge in [-0.2, -0.15) is 0 Å². The largest absolute Gasteiger partial charge is 0.364 e. The van der Waals surface area contributed by atoms with E-state index < -0.39 is 0 Å². The molecule has 2 aliphatic rings. The van der Waals surface area contributed by atoms with Gasteiger partial charge in [0.1, 0.15) is 5.70 Å². The Morgan fingerprint density at radius 1 is 0.969 bits per heavy atom. The van der Waals surface area contributed by atoms with E-state index in [0.717, 1.165) is 13.1 Å². The molecule has 7 nitrogen and oxygen atoms in total. The molecule has 0 unspecified atom stereocenters. The third-order valence-electron chi connectivity index (χ3n) is 5.85. The normalized spacial score (nSPS) is 17.4. The summed E-state index contributed by atoms with van der Waals surface area (Å²) in [7, 11) is 2.04. The van der Waals surface area contributed by atoms with Crippen LogP contribution in [0.2, 0.25) is 5.02 Å². The molecule has 0 aliphatic carbocycles. The number of anilines is 2. The molecule has 166 valence electrons. The van der Waals surface area contributed by atoms with E-state index in [9.17, 15) is 14.4 Å². The smallest absolute Gasteiger partial charge is 0.282 e. The average molecular weight is 453 g/mol. The molecule has 2 aliphatic heterocycles. The zero-order valence-corrected chi connectivity index (χ0v) is 19.1. The van der Waals surface area contributed by atoms with Crippen LogP contribution >= 0.6 is 11.6 Å².